The number of aromatic amines is 1. The van der Waals surface area contributed by atoms with Crippen LogP contribution in [0.5, 0.6) is 0 Å². The Kier molecular flexibility index (Phi) is 7.16. The third kappa shape index (κ3) is 4.68. The molecule has 0 atom stereocenters. The topological polar surface area (TPSA) is 136 Å². The van der Waals surface area contributed by atoms with Crippen molar-refractivity contribution in [1.29, 1.82) is 10.9 Å². The van der Waals surface area contributed by atoms with Gasteiger partial charge in [0.05, 0.1) is 0 Å². The number of halogens is 1. The van der Waals surface area contributed by atoms with Gasteiger partial charge in [0.25, 0.3) is 5.56 Å². The van der Waals surface area contributed by atoms with Gasteiger partial charge in [0.2, 0.25) is 5.28 Å². The van der Waals surface area contributed by atoms with Crippen LogP contribution in [0.2, 0.25) is 5.28 Å². The van der Waals surface area contributed by atoms with E-state index in [2.05, 4.69) is 15.2 Å². The van der Waals surface area contributed by atoms with E-state index in [9.17, 15) is 9.59 Å². The fraction of sp³-hybridized carbons (Fsp3) is 0.444. The number of aryl methyl sites for hydroxylation is 1. The van der Waals surface area contributed by atoms with Gasteiger partial charge in [-0.2, -0.15) is 10.5 Å². The summed E-state index contributed by atoms with van der Waals surface area (Å²) in [5.74, 6) is 0.191. The van der Waals surface area contributed by atoms with E-state index in [0.717, 1.165) is 22.3 Å². The zero-order valence-electron chi connectivity index (χ0n) is 16.5. The molecule has 0 aliphatic carbocycles. The molecule has 30 heavy (non-hydrogen) atoms. The maximum absolute atomic E-state index is 12.9. The van der Waals surface area contributed by atoms with Crippen LogP contribution in [0.4, 0.5) is 0 Å². The zero-order valence-corrected chi connectivity index (χ0v) is 18.1. The number of rotatable bonds is 10. The van der Waals surface area contributed by atoms with Crippen LogP contribution in [0.15, 0.2) is 32.3 Å². The molecule has 3 aromatic heterocycles. The highest BCUT2D eigenvalue weighted by Crippen LogP contribution is 2.12. The molecule has 0 saturated carbocycles. The maximum Gasteiger partial charge on any atom is 0.332 e. The highest BCUT2D eigenvalue weighted by Gasteiger charge is 2.17. The van der Waals surface area contributed by atoms with Gasteiger partial charge in [0, 0.05) is 30.9 Å². The summed E-state index contributed by atoms with van der Waals surface area (Å²) in [7, 11) is 0. The average Bonchev–Trinajstić information content (AvgIpc) is 3.37. The lowest BCUT2D eigenvalue weighted by Gasteiger charge is -2.17. The van der Waals surface area contributed by atoms with Crippen molar-refractivity contribution in [3.05, 3.63) is 48.5 Å². The molecule has 3 aromatic rings. The normalized spacial score (nSPS) is 11.1. The van der Waals surface area contributed by atoms with Gasteiger partial charge in [-0.05, 0) is 35.9 Å². The second-order valence-electron chi connectivity index (χ2n) is 6.75. The predicted octanol–water partition coefficient (Wildman–Crippen LogP) is 3.26. The standard InChI is InChI=1S/C18H23ClN8O2S/c1-2-3-7-25-15-14(22-17(19)23-15)16(28)26(18(25)29)8-5-9-27(24-21)13(20)11-12-6-4-10-30-12/h4,6,10,20-21H,2-3,5,7-9,11H2,1H3,(H,22,23). The van der Waals surface area contributed by atoms with E-state index in [-0.39, 0.29) is 35.4 Å². The number of hydrogen-bond acceptors (Lipinski definition) is 7. The van der Waals surface area contributed by atoms with Gasteiger partial charge < -0.3 is 4.98 Å². The number of fused-ring (bicyclic) bond motifs is 1. The van der Waals surface area contributed by atoms with Crippen LogP contribution in [0.1, 0.15) is 31.1 Å². The minimum atomic E-state index is -0.481. The summed E-state index contributed by atoms with van der Waals surface area (Å²) in [4.78, 5) is 33.5. The molecule has 0 fully saturated rings. The van der Waals surface area contributed by atoms with E-state index in [0.29, 0.717) is 19.4 Å². The molecule has 3 heterocycles. The molecule has 12 heteroatoms. The number of unbranched alkanes of at least 4 members (excludes halogenated alkanes) is 1. The smallest absolute Gasteiger partial charge is 0.323 e. The summed E-state index contributed by atoms with van der Waals surface area (Å²) >= 11 is 7.47. The Hall–Kier alpha value is -2.79. The monoisotopic (exact) mass is 450 g/mol. The summed E-state index contributed by atoms with van der Waals surface area (Å²) in [6.45, 7) is 2.83. The maximum atomic E-state index is 12.9. The van der Waals surface area contributed by atoms with Crippen LogP contribution >= 0.6 is 22.9 Å². The summed E-state index contributed by atoms with van der Waals surface area (Å²) < 4.78 is 2.62. The van der Waals surface area contributed by atoms with Crippen molar-refractivity contribution < 1.29 is 0 Å². The number of imidazole rings is 1. The summed E-state index contributed by atoms with van der Waals surface area (Å²) in [6, 6.07) is 3.83. The Bertz CT molecular complexity index is 1150. The van der Waals surface area contributed by atoms with Gasteiger partial charge >= 0.3 is 5.69 Å². The molecule has 0 aliphatic heterocycles. The van der Waals surface area contributed by atoms with Gasteiger partial charge in [-0.1, -0.05) is 24.6 Å². The molecule has 3 N–H and O–H groups in total. The second-order valence-corrected chi connectivity index (χ2v) is 8.14. The second kappa shape index (κ2) is 9.81. The first-order valence-electron chi connectivity index (χ1n) is 9.59. The molecule has 0 unspecified atom stereocenters. The van der Waals surface area contributed by atoms with Gasteiger partial charge in [-0.25, -0.2) is 9.80 Å². The van der Waals surface area contributed by atoms with E-state index in [1.165, 1.54) is 20.9 Å². The van der Waals surface area contributed by atoms with E-state index >= 15 is 0 Å². The van der Waals surface area contributed by atoms with Gasteiger partial charge in [-0.3, -0.25) is 19.3 Å². The van der Waals surface area contributed by atoms with Crippen LogP contribution < -0.4 is 11.2 Å². The Morgan fingerprint density at radius 2 is 2.10 bits per heavy atom. The van der Waals surface area contributed by atoms with Crippen LogP contribution in [-0.2, 0) is 19.5 Å². The molecule has 0 aliphatic rings. The molecular formula is C18H23ClN8O2S. The first-order chi connectivity index (χ1) is 14.5. The number of nitrogens with zero attached hydrogens (tertiary/aromatic N) is 5. The molecular weight excluding hydrogens is 428 g/mol. The quantitative estimate of drug-likeness (QED) is 0.143. The summed E-state index contributed by atoms with van der Waals surface area (Å²) in [5, 5.41) is 14.8. The number of nitrogens with one attached hydrogen (secondary N) is 3. The Morgan fingerprint density at radius 1 is 1.33 bits per heavy atom. The SMILES string of the molecule is CCCCn1c(=O)n(CCCN(N=N)C(=N)Cc2cccs2)c(=O)c2[nH]c(Cl)nc21. The van der Waals surface area contributed by atoms with Crippen molar-refractivity contribution in [2.45, 2.75) is 45.7 Å². The third-order valence-corrected chi connectivity index (χ3v) is 5.73. The van der Waals surface area contributed by atoms with Crippen LogP contribution in [0, 0.1) is 10.9 Å². The van der Waals surface area contributed by atoms with Crippen molar-refractivity contribution >= 4 is 39.9 Å². The van der Waals surface area contributed by atoms with Crippen LogP contribution in [-0.4, -0.2) is 36.5 Å². The molecule has 3 rings (SSSR count). The molecule has 0 aromatic carbocycles. The molecule has 0 radical (unpaired) electrons. The lowest BCUT2D eigenvalue weighted by Crippen LogP contribution is -2.41. The lowest BCUT2D eigenvalue weighted by atomic mass is 10.3. The molecule has 0 saturated heterocycles. The van der Waals surface area contributed by atoms with Crippen molar-refractivity contribution in [2.24, 2.45) is 5.22 Å². The molecule has 0 bridgehead atoms. The lowest BCUT2D eigenvalue weighted by molar-refractivity contribution is 0.372. The predicted molar refractivity (Wildman–Crippen MR) is 117 cm³/mol. The van der Waals surface area contributed by atoms with E-state index < -0.39 is 11.2 Å². The van der Waals surface area contributed by atoms with Crippen LogP contribution in [0.3, 0.4) is 0 Å². The van der Waals surface area contributed by atoms with Crippen molar-refractivity contribution in [1.82, 2.24) is 24.1 Å². The van der Waals surface area contributed by atoms with Gasteiger partial charge in [-0.15, -0.1) is 11.3 Å². The molecule has 160 valence electrons. The fourth-order valence-corrected chi connectivity index (χ4v) is 4.03. The van der Waals surface area contributed by atoms with Gasteiger partial charge in [0.15, 0.2) is 11.2 Å². The zero-order chi connectivity index (χ0) is 21.7. The number of amidine groups is 1. The molecule has 10 nitrogen and oxygen atoms in total. The van der Waals surface area contributed by atoms with Crippen molar-refractivity contribution in [3.8, 4) is 0 Å². The molecule has 0 spiro atoms. The highest BCUT2D eigenvalue weighted by molar-refractivity contribution is 7.10. The van der Waals surface area contributed by atoms with E-state index in [1.54, 1.807) is 0 Å². The number of hydrogen-bond donors (Lipinski definition) is 3. The third-order valence-electron chi connectivity index (χ3n) is 4.67. The first kappa shape index (κ1) is 21.9. The number of thiophene rings is 1. The van der Waals surface area contributed by atoms with E-state index in [1.807, 2.05) is 24.4 Å². The highest BCUT2D eigenvalue weighted by atomic mass is 35.5. The summed E-state index contributed by atoms with van der Waals surface area (Å²) in [6.07, 6.45) is 2.40. The molecule has 0 amide bonds. The Labute approximate surface area is 181 Å². The average molecular weight is 451 g/mol. The van der Waals surface area contributed by atoms with E-state index in [4.69, 9.17) is 22.5 Å². The minimum Gasteiger partial charge on any atom is -0.323 e. The van der Waals surface area contributed by atoms with Crippen LogP contribution in [0.25, 0.3) is 11.2 Å². The Balaban J connectivity index is 1.78. The first-order valence-corrected chi connectivity index (χ1v) is 10.9. The van der Waals surface area contributed by atoms with Crippen molar-refractivity contribution in [3.63, 3.8) is 0 Å². The fourth-order valence-electron chi connectivity index (χ4n) is 3.15. The Morgan fingerprint density at radius 3 is 2.77 bits per heavy atom. The number of aromatic nitrogens is 4. The van der Waals surface area contributed by atoms with Gasteiger partial charge in [0.1, 0.15) is 5.84 Å². The number of H-pyrrole nitrogens is 1. The minimum absolute atomic E-state index is 0.0608. The van der Waals surface area contributed by atoms with Crippen molar-refractivity contribution in [2.75, 3.05) is 6.54 Å². The largest absolute Gasteiger partial charge is 0.332 e. The summed E-state index contributed by atoms with van der Waals surface area (Å²) in [5.41, 5.74) is 6.90.